The van der Waals surface area contributed by atoms with Crippen LogP contribution in [-0.2, 0) is 10.2 Å². The van der Waals surface area contributed by atoms with Gasteiger partial charge in [-0.15, -0.1) is 0 Å². The van der Waals surface area contributed by atoms with Crippen LogP contribution < -0.4 is 10.6 Å². The molecule has 0 spiro atoms. The lowest BCUT2D eigenvalue weighted by Crippen LogP contribution is -2.42. The van der Waals surface area contributed by atoms with Crippen molar-refractivity contribution in [2.45, 2.75) is 53.9 Å². The topological polar surface area (TPSA) is 79.3 Å². The van der Waals surface area contributed by atoms with E-state index < -0.39 is 0 Å². The van der Waals surface area contributed by atoms with E-state index in [-0.39, 0.29) is 29.8 Å². The zero-order valence-corrected chi connectivity index (χ0v) is 24.0. The fourth-order valence-corrected chi connectivity index (χ4v) is 3.98. The Balaban J connectivity index is 1.84. The highest BCUT2D eigenvalue weighted by atomic mass is 35.5. The Morgan fingerprint density at radius 3 is 2.27 bits per heavy atom. The number of hydrogen-bond acceptors (Lipinski definition) is 3. The van der Waals surface area contributed by atoms with Crippen LogP contribution in [0.4, 0.5) is 16.3 Å². The van der Waals surface area contributed by atoms with E-state index in [4.69, 9.17) is 28.3 Å². The molecule has 0 aliphatic heterocycles. The number of aryl methyl sites for hydroxylation is 2. The number of urea groups is 1. The first kappa shape index (κ1) is 28.5. The molecule has 3 amide bonds. The van der Waals surface area contributed by atoms with Crippen molar-refractivity contribution in [1.82, 2.24) is 14.7 Å². The van der Waals surface area contributed by atoms with Gasteiger partial charge in [0.15, 0.2) is 0 Å². The molecule has 2 aromatic carbocycles. The summed E-state index contributed by atoms with van der Waals surface area (Å²) in [7, 11) is 0. The number of halogens is 2. The maximum atomic E-state index is 13.2. The second-order valence-corrected chi connectivity index (χ2v) is 11.5. The van der Waals surface area contributed by atoms with Gasteiger partial charge in [-0.2, -0.15) is 5.10 Å². The van der Waals surface area contributed by atoms with Crippen molar-refractivity contribution in [2.75, 3.05) is 23.7 Å². The molecule has 9 heteroatoms. The molecule has 0 radical (unpaired) electrons. The Kier molecular flexibility index (Phi) is 8.92. The van der Waals surface area contributed by atoms with Crippen molar-refractivity contribution >= 4 is 46.6 Å². The maximum Gasteiger partial charge on any atom is 0.322 e. The summed E-state index contributed by atoms with van der Waals surface area (Å²) in [6.07, 6.45) is 0. The summed E-state index contributed by atoms with van der Waals surface area (Å²) >= 11 is 12.3. The van der Waals surface area contributed by atoms with E-state index in [1.807, 2.05) is 72.7 Å². The van der Waals surface area contributed by atoms with Crippen LogP contribution in [0, 0.1) is 19.8 Å². The molecule has 0 fully saturated rings. The van der Waals surface area contributed by atoms with Gasteiger partial charge in [-0.3, -0.25) is 4.79 Å². The van der Waals surface area contributed by atoms with Gasteiger partial charge in [-0.05, 0) is 61.2 Å². The van der Waals surface area contributed by atoms with Crippen LogP contribution in [0.5, 0.6) is 0 Å². The van der Waals surface area contributed by atoms with Crippen LogP contribution in [0.3, 0.4) is 0 Å². The second-order valence-electron chi connectivity index (χ2n) is 10.7. The Morgan fingerprint density at radius 1 is 0.973 bits per heavy atom. The third-order valence-electron chi connectivity index (χ3n) is 5.86. The molecule has 1 aromatic heterocycles. The Bertz CT molecular complexity index is 1290. The summed E-state index contributed by atoms with van der Waals surface area (Å²) in [5.74, 6) is 0.317. The van der Waals surface area contributed by atoms with E-state index in [0.717, 1.165) is 16.8 Å². The highest BCUT2D eigenvalue weighted by molar-refractivity contribution is 6.42. The molecule has 1 heterocycles. The summed E-state index contributed by atoms with van der Waals surface area (Å²) in [6, 6.07) is 12.4. The molecule has 198 valence electrons. The van der Waals surface area contributed by atoms with Crippen molar-refractivity contribution in [3.63, 3.8) is 0 Å². The van der Waals surface area contributed by atoms with Crippen LogP contribution in [0.25, 0.3) is 5.69 Å². The van der Waals surface area contributed by atoms with Crippen molar-refractivity contribution in [2.24, 2.45) is 5.92 Å². The third-order valence-corrected chi connectivity index (χ3v) is 6.60. The predicted molar refractivity (Wildman–Crippen MR) is 152 cm³/mol. The molecule has 7 nitrogen and oxygen atoms in total. The van der Waals surface area contributed by atoms with Gasteiger partial charge < -0.3 is 15.5 Å². The van der Waals surface area contributed by atoms with Crippen LogP contribution in [0.1, 0.15) is 51.4 Å². The first-order valence-corrected chi connectivity index (χ1v) is 13.0. The minimum atomic E-state index is -0.336. The van der Waals surface area contributed by atoms with Crippen LogP contribution in [-0.4, -0.2) is 39.7 Å². The van der Waals surface area contributed by atoms with Gasteiger partial charge in [0.05, 0.1) is 21.4 Å². The number of nitrogens with zero attached hydrogens (tertiary/aromatic N) is 3. The molecule has 0 aliphatic rings. The number of amides is 3. The first-order chi connectivity index (χ1) is 17.2. The lowest BCUT2D eigenvalue weighted by atomic mass is 9.92. The van der Waals surface area contributed by atoms with Gasteiger partial charge >= 0.3 is 6.03 Å². The standard InChI is InChI=1S/C28H35Cl2N5O2/c1-17(2)15-34(27(37)31-20-9-8-18(3)19(4)12-20)16-26(36)32-25-14-24(28(5,6)7)33-35(25)21-10-11-22(29)23(30)13-21/h8-14,17H,15-16H2,1-7H3,(H,31,37)(H,32,36). The zero-order chi connectivity index (χ0) is 27.5. The van der Waals surface area contributed by atoms with Crippen LogP contribution in [0.15, 0.2) is 42.5 Å². The fourth-order valence-electron chi connectivity index (χ4n) is 3.69. The van der Waals surface area contributed by atoms with Gasteiger partial charge in [0.2, 0.25) is 5.91 Å². The molecule has 0 saturated carbocycles. The smallest absolute Gasteiger partial charge is 0.315 e. The number of aromatic nitrogens is 2. The van der Waals surface area contributed by atoms with E-state index in [9.17, 15) is 9.59 Å². The van der Waals surface area contributed by atoms with E-state index in [1.165, 1.54) is 4.90 Å². The summed E-state index contributed by atoms with van der Waals surface area (Å²) < 4.78 is 1.63. The Labute approximate surface area is 229 Å². The van der Waals surface area contributed by atoms with Gasteiger partial charge in [-0.25, -0.2) is 9.48 Å². The largest absolute Gasteiger partial charge is 0.322 e. The SMILES string of the molecule is Cc1ccc(NC(=O)N(CC(=O)Nc2cc(C(C)(C)C)nn2-c2ccc(Cl)c(Cl)c2)CC(C)C)cc1C. The maximum absolute atomic E-state index is 13.2. The van der Waals surface area contributed by atoms with Crippen LogP contribution in [0.2, 0.25) is 10.0 Å². The monoisotopic (exact) mass is 543 g/mol. The van der Waals surface area contributed by atoms with E-state index >= 15 is 0 Å². The zero-order valence-electron chi connectivity index (χ0n) is 22.4. The number of benzene rings is 2. The Hall–Kier alpha value is -3.03. The first-order valence-electron chi connectivity index (χ1n) is 12.2. The normalized spacial score (nSPS) is 11.5. The van der Waals surface area contributed by atoms with Crippen molar-refractivity contribution < 1.29 is 9.59 Å². The molecule has 37 heavy (non-hydrogen) atoms. The summed E-state index contributed by atoms with van der Waals surface area (Å²) in [6.45, 7) is 14.4. The summed E-state index contributed by atoms with van der Waals surface area (Å²) in [5.41, 5.74) is 4.11. The van der Waals surface area contributed by atoms with E-state index in [0.29, 0.717) is 33.8 Å². The molecule has 2 N–H and O–H groups in total. The number of rotatable bonds is 7. The lowest BCUT2D eigenvalue weighted by Gasteiger charge is -2.24. The molecule has 0 unspecified atom stereocenters. The molecular weight excluding hydrogens is 509 g/mol. The second kappa shape index (κ2) is 11.6. The molecule has 0 aliphatic carbocycles. The molecule has 3 rings (SSSR count). The quantitative estimate of drug-likeness (QED) is 0.330. The van der Waals surface area contributed by atoms with E-state index in [1.54, 1.807) is 22.9 Å². The minimum absolute atomic E-state index is 0.119. The predicted octanol–water partition coefficient (Wildman–Crippen LogP) is 7.22. The average molecular weight is 545 g/mol. The molecule has 3 aromatic rings. The highest BCUT2D eigenvalue weighted by Gasteiger charge is 2.24. The van der Waals surface area contributed by atoms with Crippen molar-refractivity contribution in [3.05, 3.63) is 69.3 Å². The van der Waals surface area contributed by atoms with Crippen molar-refractivity contribution in [3.8, 4) is 5.69 Å². The van der Waals surface area contributed by atoms with Gasteiger partial charge in [-0.1, -0.05) is 63.9 Å². The fraction of sp³-hybridized carbons (Fsp3) is 0.393. The van der Waals surface area contributed by atoms with E-state index in [2.05, 4.69) is 10.6 Å². The summed E-state index contributed by atoms with van der Waals surface area (Å²) in [5, 5.41) is 11.4. The van der Waals surface area contributed by atoms with Gasteiger partial charge in [0, 0.05) is 23.7 Å². The number of carbonyl (C=O) groups is 2. The number of anilines is 2. The molecule has 0 atom stereocenters. The molecule has 0 saturated heterocycles. The molecular formula is C28H35Cl2N5O2. The van der Waals surface area contributed by atoms with Crippen LogP contribution >= 0.6 is 23.2 Å². The Morgan fingerprint density at radius 2 is 1.68 bits per heavy atom. The van der Waals surface area contributed by atoms with Gasteiger partial charge in [0.25, 0.3) is 0 Å². The molecule has 0 bridgehead atoms. The highest BCUT2D eigenvalue weighted by Crippen LogP contribution is 2.29. The summed E-state index contributed by atoms with van der Waals surface area (Å²) in [4.78, 5) is 27.8. The number of carbonyl (C=O) groups excluding carboxylic acids is 2. The third kappa shape index (κ3) is 7.49. The number of nitrogens with one attached hydrogen (secondary N) is 2. The minimum Gasteiger partial charge on any atom is -0.315 e. The average Bonchev–Trinajstić information content (AvgIpc) is 3.21. The van der Waals surface area contributed by atoms with Gasteiger partial charge in [0.1, 0.15) is 12.4 Å². The van der Waals surface area contributed by atoms with Crippen molar-refractivity contribution in [1.29, 1.82) is 0 Å². The number of hydrogen-bond donors (Lipinski definition) is 2. The lowest BCUT2D eigenvalue weighted by molar-refractivity contribution is -0.116.